The predicted molar refractivity (Wildman–Crippen MR) is 75.2 cm³/mol. The van der Waals surface area contributed by atoms with Gasteiger partial charge >= 0.3 is 0 Å². The van der Waals surface area contributed by atoms with E-state index in [0.717, 1.165) is 38.3 Å². The van der Waals surface area contributed by atoms with Crippen LogP contribution in [-0.2, 0) is 12.8 Å². The van der Waals surface area contributed by atoms with Crippen molar-refractivity contribution in [1.82, 2.24) is 5.32 Å². The molecule has 0 aliphatic carbocycles. The Morgan fingerprint density at radius 3 is 3.18 bits per heavy atom. The number of thioether (sulfide) groups is 1. The SMILES string of the molecule is CSC(C)CNCCc1ccc2c(c1)CCO2. The number of ether oxygens (including phenoxy) is 1. The summed E-state index contributed by atoms with van der Waals surface area (Å²) in [6.07, 6.45) is 4.33. The molecule has 1 aromatic carbocycles. The van der Waals surface area contributed by atoms with Gasteiger partial charge in [-0.3, -0.25) is 0 Å². The molecule has 1 heterocycles. The molecule has 3 heteroatoms. The third-order valence-electron chi connectivity index (χ3n) is 3.18. The molecule has 0 bridgehead atoms. The molecule has 2 rings (SSSR count). The fraction of sp³-hybridized carbons (Fsp3) is 0.571. The van der Waals surface area contributed by atoms with Crippen molar-refractivity contribution in [2.75, 3.05) is 26.0 Å². The van der Waals surface area contributed by atoms with Gasteiger partial charge in [0.15, 0.2) is 0 Å². The van der Waals surface area contributed by atoms with Gasteiger partial charge in [0.05, 0.1) is 6.61 Å². The zero-order chi connectivity index (χ0) is 12.1. The second-order valence-electron chi connectivity index (χ2n) is 4.54. The van der Waals surface area contributed by atoms with E-state index in [4.69, 9.17) is 4.74 Å². The summed E-state index contributed by atoms with van der Waals surface area (Å²) in [4.78, 5) is 0. The Labute approximate surface area is 108 Å². The molecule has 0 fully saturated rings. The van der Waals surface area contributed by atoms with Gasteiger partial charge in [0.2, 0.25) is 0 Å². The van der Waals surface area contributed by atoms with Crippen molar-refractivity contribution in [3.8, 4) is 5.75 Å². The van der Waals surface area contributed by atoms with E-state index in [0.29, 0.717) is 5.25 Å². The van der Waals surface area contributed by atoms with Gasteiger partial charge < -0.3 is 10.1 Å². The topological polar surface area (TPSA) is 21.3 Å². The lowest BCUT2D eigenvalue weighted by molar-refractivity contribution is 0.357. The fourth-order valence-corrected chi connectivity index (χ4v) is 2.30. The van der Waals surface area contributed by atoms with Crippen LogP contribution in [0.15, 0.2) is 18.2 Å². The van der Waals surface area contributed by atoms with Gasteiger partial charge in [0, 0.05) is 18.2 Å². The largest absolute Gasteiger partial charge is 0.493 e. The van der Waals surface area contributed by atoms with Crippen molar-refractivity contribution in [3.05, 3.63) is 29.3 Å². The van der Waals surface area contributed by atoms with E-state index in [9.17, 15) is 0 Å². The van der Waals surface area contributed by atoms with Crippen molar-refractivity contribution in [2.45, 2.75) is 25.0 Å². The number of nitrogens with one attached hydrogen (secondary N) is 1. The Hall–Kier alpha value is -0.670. The highest BCUT2D eigenvalue weighted by Crippen LogP contribution is 2.25. The molecule has 0 spiro atoms. The van der Waals surface area contributed by atoms with Crippen molar-refractivity contribution in [1.29, 1.82) is 0 Å². The lowest BCUT2D eigenvalue weighted by atomic mass is 10.1. The average molecular weight is 251 g/mol. The number of rotatable bonds is 6. The van der Waals surface area contributed by atoms with Gasteiger partial charge in [-0.2, -0.15) is 11.8 Å². The Morgan fingerprint density at radius 1 is 1.47 bits per heavy atom. The minimum Gasteiger partial charge on any atom is -0.493 e. The van der Waals surface area contributed by atoms with Crippen LogP contribution in [-0.4, -0.2) is 31.2 Å². The number of hydrogen-bond acceptors (Lipinski definition) is 3. The first-order valence-electron chi connectivity index (χ1n) is 6.27. The number of hydrogen-bond donors (Lipinski definition) is 1. The molecule has 0 saturated carbocycles. The third-order valence-corrected chi connectivity index (χ3v) is 4.15. The van der Waals surface area contributed by atoms with Gasteiger partial charge in [0.25, 0.3) is 0 Å². The van der Waals surface area contributed by atoms with Crippen molar-refractivity contribution >= 4 is 11.8 Å². The van der Waals surface area contributed by atoms with E-state index in [1.54, 1.807) is 0 Å². The molecular formula is C14H21NOS. The molecule has 1 aliphatic rings. The van der Waals surface area contributed by atoms with Gasteiger partial charge in [-0.1, -0.05) is 19.1 Å². The summed E-state index contributed by atoms with van der Waals surface area (Å²) in [5.41, 5.74) is 2.79. The molecule has 1 aliphatic heterocycles. The van der Waals surface area contributed by atoms with Crippen LogP contribution < -0.4 is 10.1 Å². The maximum Gasteiger partial charge on any atom is 0.122 e. The molecule has 94 valence electrons. The Kier molecular flexibility index (Phi) is 4.75. The lowest BCUT2D eigenvalue weighted by Gasteiger charge is -2.10. The third kappa shape index (κ3) is 3.65. The average Bonchev–Trinajstić information content (AvgIpc) is 2.81. The van der Waals surface area contributed by atoms with Crippen LogP contribution in [0.1, 0.15) is 18.1 Å². The molecule has 1 atom stereocenters. The Morgan fingerprint density at radius 2 is 2.35 bits per heavy atom. The second-order valence-corrected chi connectivity index (χ2v) is 5.82. The van der Waals surface area contributed by atoms with Crippen LogP contribution >= 0.6 is 11.8 Å². The van der Waals surface area contributed by atoms with E-state index >= 15 is 0 Å². The van der Waals surface area contributed by atoms with Gasteiger partial charge in [-0.25, -0.2) is 0 Å². The first-order valence-corrected chi connectivity index (χ1v) is 7.56. The van der Waals surface area contributed by atoms with Crippen LogP contribution in [0.3, 0.4) is 0 Å². The summed E-state index contributed by atoms with van der Waals surface area (Å²) >= 11 is 1.91. The maximum atomic E-state index is 5.51. The second kappa shape index (κ2) is 6.31. The van der Waals surface area contributed by atoms with E-state index < -0.39 is 0 Å². The van der Waals surface area contributed by atoms with Gasteiger partial charge in [0.1, 0.15) is 5.75 Å². The van der Waals surface area contributed by atoms with Crippen LogP contribution in [0.25, 0.3) is 0 Å². The van der Waals surface area contributed by atoms with Crippen LogP contribution in [0.2, 0.25) is 0 Å². The Balaban J connectivity index is 1.76. The molecule has 0 amide bonds. The number of benzene rings is 1. The van der Waals surface area contributed by atoms with Crippen LogP contribution in [0.5, 0.6) is 5.75 Å². The molecule has 1 unspecified atom stereocenters. The molecular weight excluding hydrogens is 230 g/mol. The van der Waals surface area contributed by atoms with Crippen molar-refractivity contribution in [3.63, 3.8) is 0 Å². The van der Waals surface area contributed by atoms with E-state index in [-0.39, 0.29) is 0 Å². The summed E-state index contributed by atoms with van der Waals surface area (Å²) < 4.78 is 5.51. The summed E-state index contributed by atoms with van der Waals surface area (Å²) in [5, 5.41) is 4.20. The summed E-state index contributed by atoms with van der Waals surface area (Å²) in [6.45, 7) is 5.26. The normalized spacial score (nSPS) is 15.4. The molecule has 0 saturated heterocycles. The highest BCUT2D eigenvalue weighted by atomic mass is 32.2. The zero-order valence-electron chi connectivity index (χ0n) is 10.7. The summed E-state index contributed by atoms with van der Waals surface area (Å²) in [7, 11) is 0. The minimum absolute atomic E-state index is 0.698. The van der Waals surface area contributed by atoms with E-state index in [2.05, 4.69) is 36.7 Å². The highest BCUT2D eigenvalue weighted by molar-refractivity contribution is 7.99. The summed E-state index contributed by atoms with van der Waals surface area (Å²) in [6, 6.07) is 6.59. The summed E-state index contributed by atoms with van der Waals surface area (Å²) in [5.74, 6) is 1.08. The zero-order valence-corrected chi connectivity index (χ0v) is 11.5. The quantitative estimate of drug-likeness (QED) is 0.785. The molecule has 1 aromatic rings. The molecule has 0 radical (unpaired) electrons. The fourth-order valence-electron chi connectivity index (χ4n) is 2.02. The standard InChI is InChI=1S/C14H21NOS/c1-11(17-2)10-15-7-5-12-3-4-14-13(9-12)6-8-16-14/h3-4,9,11,15H,5-8,10H2,1-2H3. The van der Waals surface area contributed by atoms with E-state index in [1.807, 2.05) is 11.8 Å². The Bertz CT molecular complexity index is 367. The van der Waals surface area contributed by atoms with Crippen molar-refractivity contribution < 1.29 is 4.74 Å². The van der Waals surface area contributed by atoms with Gasteiger partial charge in [-0.05, 0) is 36.4 Å². The molecule has 17 heavy (non-hydrogen) atoms. The smallest absolute Gasteiger partial charge is 0.122 e. The monoisotopic (exact) mass is 251 g/mol. The van der Waals surface area contributed by atoms with E-state index in [1.165, 1.54) is 11.1 Å². The highest BCUT2D eigenvalue weighted by Gasteiger charge is 2.11. The lowest BCUT2D eigenvalue weighted by Crippen LogP contribution is -2.24. The molecule has 2 nitrogen and oxygen atoms in total. The molecule has 0 aromatic heterocycles. The first-order chi connectivity index (χ1) is 8.29. The van der Waals surface area contributed by atoms with Crippen LogP contribution in [0.4, 0.5) is 0 Å². The van der Waals surface area contributed by atoms with Gasteiger partial charge in [-0.15, -0.1) is 0 Å². The maximum absolute atomic E-state index is 5.51. The predicted octanol–water partition coefficient (Wildman–Crippen LogP) is 2.51. The molecule has 1 N–H and O–H groups in total. The van der Waals surface area contributed by atoms with Crippen molar-refractivity contribution in [2.24, 2.45) is 0 Å². The van der Waals surface area contributed by atoms with Crippen LogP contribution in [0, 0.1) is 0 Å². The number of fused-ring (bicyclic) bond motifs is 1. The minimum atomic E-state index is 0.698. The first kappa shape index (κ1) is 12.8.